The molecule has 1 heterocycles. The number of carbonyl (C=O) groups is 1. The van der Waals surface area contributed by atoms with Gasteiger partial charge in [0.05, 0.1) is 34.3 Å². The van der Waals surface area contributed by atoms with Crippen molar-refractivity contribution in [3.8, 4) is 0 Å². The zero-order valence-corrected chi connectivity index (χ0v) is 85.5. The number of unbranched alkanes of at least 4 members (excludes halogenated alkanes) is 7. The summed E-state index contributed by atoms with van der Waals surface area (Å²) < 4.78 is 5.59. The molecule has 3 N–H and O–H groups in total. The predicted molar refractivity (Wildman–Crippen MR) is 608 cm³/mol. The number of hydrogen-bond donors (Lipinski definition) is 3. The van der Waals surface area contributed by atoms with Crippen LogP contribution in [0.5, 0.6) is 0 Å². The average Bonchev–Trinajstić information content (AvgIpc) is 1.54. The molecule has 8 nitrogen and oxygen atoms in total. The number of hydrogen-bond acceptors (Lipinski definition) is 5. The van der Waals surface area contributed by atoms with Crippen LogP contribution in [-0.2, 0) is 34.3 Å². The van der Waals surface area contributed by atoms with E-state index in [1.54, 1.807) is 0 Å². The number of nitrogens with zero attached hydrogens (tertiary/aromatic N) is 3. The van der Waals surface area contributed by atoms with E-state index in [0.29, 0.717) is 12.5 Å². The van der Waals surface area contributed by atoms with Crippen molar-refractivity contribution in [3.05, 3.63) is 427 Å². The Kier molecular flexibility index (Phi) is 41.8. The van der Waals surface area contributed by atoms with Crippen molar-refractivity contribution in [1.29, 1.82) is 0 Å². The number of fused-ring (bicyclic) bond motifs is 3. The fraction of sp³-hybridized carbons (Fsp3) is 0.348. The highest BCUT2D eigenvalue weighted by Crippen LogP contribution is 2.44. The van der Waals surface area contributed by atoms with E-state index in [4.69, 9.17) is 4.74 Å². The standard InChI is InChI=1S/C46H56N2.C43H50N2O2.C40H44N2.3CH4/c1-6-36(5)38-26-22-37(23-27-38)17-13-11-9-10-12-16-34-47-45-33-32-44(42-18-14-15-19-43(42)45)46(39-24-20-35(4)21-25-39)40-28-30-41(31-29-40)48(7-2)8-3;1-7-43(5,6)42(46)47-30-15-11-14-17-34-20-16-21-37-39(41(44-40(34)37)35-18-12-10-13-19-35)38(32-24-22-31(4)23-25-32)33-26-28-36(29-27-33)45(8-2)9-3;1-7-40(5,6)33-22-16-30(17-23-33)28-41-38-27-26-37(35-12-10-11-13-36(35)38)39(31-18-14-29(4)15-19-31)32-20-24-34(25-21-32)42(8-2)9-3;;;/h14-15,18-33,36H,6-13,16-17,34H2,1-5H3;10,12-13,16,18-29H,7-9,11,14-15,17,30H2,1-6H3;10-27H,7-9,28H2,1-6H3;3*1H4/p+3. The first-order valence-corrected chi connectivity index (χ1v) is 51.6. The summed E-state index contributed by atoms with van der Waals surface area (Å²) in [7, 11) is 0. The highest BCUT2D eigenvalue weighted by Gasteiger charge is 2.36. The largest absolute Gasteiger partial charge is 0.465 e. The van der Waals surface area contributed by atoms with E-state index in [2.05, 4.69) is 442 Å². The van der Waals surface area contributed by atoms with Gasteiger partial charge in [-0.3, -0.25) is 4.79 Å². The zero-order valence-electron chi connectivity index (χ0n) is 85.5. The van der Waals surface area contributed by atoms with Crippen molar-refractivity contribution < 1.29 is 24.5 Å². The van der Waals surface area contributed by atoms with Gasteiger partial charge in [-0.15, -0.1) is 0 Å². The molecule has 0 saturated heterocycles. The first-order valence-electron chi connectivity index (χ1n) is 51.6. The summed E-state index contributed by atoms with van der Waals surface area (Å²) in [5, 5.41) is 0. The molecule has 3 aliphatic rings. The van der Waals surface area contributed by atoms with E-state index in [-0.39, 0.29) is 33.7 Å². The van der Waals surface area contributed by atoms with Gasteiger partial charge in [0.15, 0.2) is 6.54 Å². The molecule has 8 heteroatoms. The third-order valence-electron chi connectivity index (χ3n) is 28.7. The molecule has 12 aromatic rings. The van der Waals surface area contributed by atoms with Crippen LogP contribution in [0, 0.1) is 26.2 Å². The highest BCUT2D eigenvalue weighted by molar-refractivity contribution is 6.38. The maximum absolute atomic E-state index is 12.4. The van der Waals surface area contributed by atoms with Gasteiger partial charge in [-0.2, -0.15) is 0 Å². The number of rotatable bonds is 39. The maximum atomic E-state index is 12.4. The number of carbonyl (C=O) groups excluding carboxylic acids is 1. The molecule has 0 aromatic heterocycles. The Balaban J connectivity index is 0.000000214. The molecule has 1 aliphatic heterocycles. The number of anilines is 3. The Morgan fingerprint density at radius 1 is 0.371 bits per heavy atom. The first-order chi connectivity index (χ1) is 66.6. The van der Waals surface area contributed by atoms with Gasteiger partial charge < -0.3 is 19.4 Å². The quantitative estimate of drug-likeness (QED) is 0.0264. The normalized spacial score (nSPS) is 14.2. The molecule has 140 heavy (non-hydrogen) atoms. The van der Waals surface area contributed by atoms with Crippen molar-refractivity contribution >= 4 is 79.3 Å². The summed E-state index contributed by atoms with van der Waals surface area (Å²) in [6.07, 6.45) is 25.1. The second-order valence-corrected chi connectivity index (χ2v) is 38.7. The summed E-state index contributed by atoms with van der Waals surface area (Å²) in [4.78, 5) is 31.0. The van der Waals surface area contributed by atoms with Crippen LogP contribution >= 0.6 is 0 Å². The number of nitrogens with one attached hydrogen (secondary N) is 3. The molecular weight excluding hydrogens is 1700 g/mol. The minimum atomic E-state index is -0.417. The van der Waals surface area contributed by atoms with E-state index in [1.165, 1.54) is 225 Å². The monoisotopic (exact) mass is 1870 g/mol. The maximum Gasteiger partial charge on any atom is 0.311 e. The molecule has 15 rings (SSSR count). The number of para-hydroxylation sites is 1. The van der Waals surface area contributed by atoms with Crippen LogP contribution in [0.3, 0.4) is 0 Å². The van der Waals surface area contributed by atoms with Gasteiger partial charge in [0.2, 0.25) is 22.8 Å². The third-order valence-corrected chi connectivity index (χ3v) is 28.7. The van der Waals surface area contributed by atoms with Gasteiger partial charge in [0.25, 0.3) is 0 Å². The number of esters is 1. The fourth-order valence-corrected chi connectivity index (χ4v) is 19.0. The van der Waals surface area contributed by atoms with Crippen LogP contribution in [0.25, 0.3) is 33.4 Å². The molecule has 732 valence electrons. The van der Waals surface area contributed by atoms with Crippen LogP contribution in [-0.4, -0.2) is 75.5 Å². The summed E-state index contributed by atoms with van der Waals surface area (Å²) in [5.41, 5.74) is 41.5. The summed E-state index contributed by atoms with van der Waals surface area (Å²) >= 11 is 0. The lowest BCUT2D eigenvalue weighted by atomic mass is 9.82. The van der Waals surface area contributed by atoms with Gasteiger partial charge in [0.1, 0.15) is 6.54 Å². The zero-order chi connectivity index (χ0) is 96.8. The third kappa shape index (κ3) is 27.9. The Morgan fingerprint density at radius 2 is 0.764 bits per heavy atom. The lowest BCUT2D eigenvalue weighted by molar-refractivity contribution is -0.473. The van der Waals surface area contributed by atoms with Crippen molar-refractivity contribution in [2.45, 2.75) is 248 Å². The molecule has 1 atom stereocenters. The van der Waals surface area contributed by atoms with Crippen LogP contribution in [0.1, 0.15) is 313 Å². The molecule has 0 bridgehead atoms. The van der Waals surface area contributed by atoms with Crippen LogP contribution < -0.4 is 29.7 Å². The molecule has 1 unspecified atom stereocenters. The summed E-state index contributed by atoms with van der Waals surface area (Å²) in [6, 6.07) is 108. The van der Waals surface area contributed by atoms with Crippen molar-refractivity contribution in [2.75, 3.05) is 67.1 Å². The van der Waals surface area contributed by atoms with Gasteiger partial charge in [-0.25, -0.2) is 15.0 Å². The van der Waals surface area contributed by atoms with Gasteiger partial charge in [-0.05, 0) is 314 Å². The van der Waals surface area contributed by atoms with E-state index in [9.17, 15) is 4.79 Å². The Morgan fingerprint density at radius 3 is 1.21 bits per heavy atom. The van der Waals surface area contributed by atoms with Gasteiger partial charge in [-0.1, -0.05) is 324 Å². The molecule has 0 saturated carbocycles. The van der Waals surface area contributed by atoms with Crippen LogP contribution in [0.4, 0.5) is 22.7 Å². The lowest BCUT2D eigenvalue weighted by Gasteiger charge is -2.23. The van der Waals surface area contributed by atoms with Crippen LogP contribution in [0.15, 0.2) is 315 Å². The Hall–Kier alpha value is -12.8. The van der Waals surface area contributed by atoms with Crippen molar-refractivity contribution in [1.82, 2.24) is 0 Å². The molecular formula is C132H165N6O2+3. The molecule has 2 aliphatic carbocycles. The van der Waals surface area contributed by atoms with E-state index in [0.717, 1.165) is 102 Å². The molecule has 12 aromatic carbocycles. The van der Waals surface area contributed by atoms with Gasteiger partial charge in [0, 0.05) is 97.2 Å². The topological polar surface area (TPSA) is 77.9 Å². The van der Waals surface area contributed by atoms with E-state index < -0.39 is 5.41 Å². The summed E-state index contributed by atoms with van der Waals surface area (Å²) in [5.74, 6) is 0.564. The highest BCUT2D eigenvalue weighted by atomic mass is 16.5. The second-order valence-electron chi connectivity index (χ2n) is 38.7. The number of allylic oxidation sites excluding steroid dienone is 7. The SMILES string of the molecule is C.C.C.CCC(C)c1ccc(CCCCCCCC[NH+]=C2C=CC(=C(c3ccc(C)cc3)c3ccc(N(CC)CC)cc3)c3ccccc32)cc1.CCN(CC)c1ccc(C(=C2C(c3ccccc3)=[NH+]c3c(CCCCCOC(=O)C(C)(C)CC)cccc32)c2ccc(C)cc2)cc1.CCN(CC)c1ccc(C(=C2C=CC(=[NH+]Cc3ccc(C(C)(C)CC)cc3)c3ccccc32)c2ccc(C)cc2)cc1. The van der Waals surface area contributed by atoms with Crippen LogP contribution in [0.2, 0.25) is 0 Å². The average molecular weight is 1870 g/mol. The van der Waals surface area contributed by atoms with E-state index >= 15 is 0 Å². The van der Waals surface area contributed by atoms with Crippen molar-refractivity contribution in [3.63, 3.8) is 0 Å². The van der Waals surface area contributed by atoms with Crippen molar-refractivity contribution in [2.24, 2.45) is 5.41 Å². The molecule has 0 spiro atoms. The lowest BCUT2D eigenvalue weighted by Crippen LogP contribution is -2.73. The molecule has 0 radical (unpaired) electrons. The number of aryl methyl sites for hydroxylation is 5. The first kappa shape index (κ1) is 109. The molecule has 0 fully saturated rings. The minimum Gasteiger partial charge on any atom is -0.465 e. The number of benzene rings is 12. The minimum absolute atomic E-state index is 0. The van der Waals surface area contributed by atoms with Gasteiger partial charge >= 0.3 is 5.97 Å². The predicted octanol–water partition coefficient (Wildman–Crippen LogP) is 29.1. The smallest absolute Gasteiger partial charge is 0.311 e. The fourth-order valence-electron chi connectivity index (χ4n) is 19.0. The summed E-state index contributed by atoms with van der Waals surface area (Å²) in [6.45, 7) is 45.4. The Labute approximate surface area is 845 Å². The van der Waals surface area contributed by atoms with E-state index in [1.807, 2.05) is 20.8 Å². The molecule has 0 amide bonds. The Bertz CT molecular complexity index is 6180. The second kappa shape index (κ2) is 53.6. The number of ether oxygens (including phenoxy) is 1.